The van der Waals surface area contributed by atoms with Crippen molar-refractivity contribution in [3.63, 3.8) is 0 Å². The van der Waals surface area contributed by atoms with Gasteiger partial charge in [-0.1, -0.05) is 37.5 Å². The Morgan fingerprint density at radius 3 is 2.60 bits per heavy atom. The molecule has 3 rings (SSSR count). The van der Waals surface area contributed by atoms with Crippen LogP contribution < -0.4 is 0 Å². The van der Waals surface area contributed by atoms with Crippen molar-refractivity contribution in [3.8, 4) is 0 Å². The lowest BCUT2D eigenvalue weighted by Gasteiger charge is -2.26. The van der Waals surface area contributed by atoms with Crippen LogP contribution in [0.1, 0.15) is 57.6 Å². The molecule has 1 fully saturated rings. The van der Waals surface area contributed by atoms with E-state index in [-0.39, 0.29) is 0 Å². The molecule has 2 heteroatoms. The zero-order valence-electron chi connectivity index (χ0n) is 12.6. The van der Waals surface area contributed by atoms with E-state index in [1.807, 2.05) is 13.8 Å². The quantitative estimate of drug-likeness (QED) is 0.876. The second-order valence-electron chi connectivity index (χ2n) is 6.86. The summed E-state index contributed by atoms with van der Waals surface area (Å²) in [7, 11) is 0. The van der Waals surface area contributed by atoms with Crippen LogP contribution in [0.4, 0.5) is 0 Å². The van der Waals surface area contributed by atoms with E-state index in [2.05, 4.69) is 35.0 Å². The molecule has 108 valence electrons. The summed E-state index contributed by atoms with van der Waals surface area (Å²) in [5, 5.41) is 11.5. The van der Waals surface area contributed by atoms with Crippen molar-refractivity contribution < 1.29 is 5.11 Å². The third kappa shape index (κ3) is 2.76. The summed E-state index contributed by atoms with van der Waals surface area (Å²) in [4.78, 5) is 0. The Labute approximate surface area is 121 Å². The number of aliphatic hydroxyl groups is 1. The summed E-state index contributed by atoms with van der Waals surface area (Å²) in [5.41, 5.74) is 1.95. The van der Waals surface area contributed by atoms with Gasteiger partial charge in [0.15, 0.2) is 0 Å². The van der Waals surface area contributed by atoms with E-state index in [0.717, 1.165) is 0 Å². The Morgan fingerprint density at radius 1 is 1.15 bits per heavy atom. The van der Waals surface area contributed by atoms with Crippen molar-refractivity contribution in [3.05, 3.63) is 36.0 Å². The fourth-order valence-electron chi connectivity index (χ4n) is 3.57. The van der Waals surface area contributed by atoms with Crippen LogP contribution in [0.3, 0.4) is 0 Å². The molecule has 1 N–H and O–H groups in total. The first-order chi connectivity index (χ1) is 9.54. The number of hydrogen-bond donors (Lipinski definition) is 1. The molecule has 2 nitrogen and oxygen atoms in total. The molecule has 0 aliphatic heterocycles. The third-order valence-electron chi connectivity index (χ3n) is 4.41. The summed E-state index contributed by atoms with van der Waals surface area (Å²) < 4.78 is 2.47. The highest BCUT2D eigenvalue weighted by atomic mass is 16.3. The van der Waals surface area contributed by atoms with Gasteiger partial charge in [0.2, 0.25) is 0 Å². The van der Waals surface area contributed by atoms with Crippen molar-refractivity contribution in [2.75, 3.05) is 0 Å². The van der Waals surface area contributed by atoms with Crippen molar-refractivity contribution in [1.29, 1.82) is 0 Å². The Hall–Kier alpha value is -1.28. The minimum absolute atomic E-state index is 0.643. The summed E-state index contributed by atoms with van der Waals surface area (Å²) >= 11 is 0. The first-order valence-corrected chi connectivity index (χ1v) is 7.85. The van der Waals surface area contributed by atoms with Crippen LogP contribution >= 0.6 is 0 Å². The maximum atomic E-state index is 10.2. The monoisotopic (exact) mass is 271 g/mol. The lowest BCUT2D eigenvalue weighted by Crippen LogP contribution is -2.22. The Morgan fingerprint density at radius 2 is 1.90 bits per heavy atom. The first-order valence-electron chi connectivity index (χ1n) is 7.85. The number of aromatic nitrogens is 1. The standard InChI is InChI=1S/C18H25NO/c1-18(2,20)13-15-8-6-7-14-11-12-19(17(14)15)16-9-4-3-5-10-16/h6-8,11-12,16,20H,3-5,9-10,13H2,1-2H3. The molecule has 1 aromatic heterocycles. The van der Waals surface area contributed by atoms with Gasteiger partial charge in [0.25, 0.3) is 0 Å². The fraction of sp³-hybridized carbons (Fsp3) is 0.556. The van der Waals surface area contributed by atoms with Gasteiger partial charge in [-0.3, -0.25) is 0 Å². The van der Waals surface area contributed by atoms with E-state index >= 15 is 0 Å². The van der Waals surface area contributed by atoms with Crippen molar-refractivity contribution in [2.24, 2.45) is 0 Å². The number of rotatable bonds is 3. The largest absolute Gasteiger partial charge is 0.390 e. The van der Waals surface area contributed by atoms with Gasteiger partial charge < -0.3 is 9.67 Å². The molecule has 0 saturated heterocycles. The molecular formula is C18H25NO. The predicted molar refractivity (Wildman–Crippen MR) is 84.1 cm³/mol. The first kappa shape index (κ1) is 13.7. The van der Waals surface area contributed by atoms with Gasteiger partial charge in [-0.15, -0.1) is 0 Å². The van der Waals surface area contributed by atoms with E-state index in [1.54, 1.807) is 0 Å². The smallest absolute Gasteiger partial charge is 0.0632 e. The van der Waals surface area contributed by atoms with Crippen molar-refractivity contribution in [1.82, 2.24) is 4.57 Å². The number of hydrogen-bond acceptors (Lipinski definition) is 1. The lowest BCUT2D eigenvalue weighted by molar-refractivity contribution is 0.0812. The van der Waals surface area contributed by atoms with Gasteiger partial charge >= 0.3 is 0 Å². The van der Waals surface area contributed by atoms with E-state index < -0.39 is 5.60 Å². The minimum atomic E-state index is -0.657. The molecule has 1 saturated carbocycles. The molecule has 0 amide bonds. The normalized spacial score (nSPS) is 17.8. The van der Waals surface area contributed by atoms with E-state index in [1.165, 1.54) is 48.6 Å². The number of para-hydroxylation sites is 1. The number of nitrogens with zero attached hydrogens (tertiary/aromatic N) is 1. The lowest BCUT2D eigenvalue weighted by atomic mass is 9.94. The molecule has 0 atom stereocenters. The average Bonchev–Trinajstić information content (AvgIpc) is 2.83. The zero-order chi connectivity index (χ0) is 14.2. The molecular weight excluding hydrogens is 246 g/mol. The zero-order valence-corrected chi connectivity index (χ0v) is 12.6. The molecule has 2 aromatic rings. The van der Waals surface area contributed by atoms with Gasteiger partial charge in [0, 0.05) is 18.7 Å². The van der Waals surface area contributed by atoms with Gasteiger partial charge in [0.1, 0.15) is 0 Å². The molecule has 1 heterocycles. The SMILES string of the molecule is CC(C)(O)Cc1cccc2ccn(C3CCCCC3)c12. The summed E-state index contributed by atoms with van der Waals surface area (Å²) in [6.07, 6.45) is 9.61. The van der Waals surface area contributed by atoms with E-state index in [4.69, 9.17) is 0 Å². The second-order valence-corrected chi connectivity index (χ2v) is 6.86. The van der Waals surface area contributed by atoms with Crippen LogP contribution in [0.2, 0.25) is 0 Å². The molecule has 1 aromatic carbocycles. The maximum Gasteiger partial charge on any atom is 0.0632 e. The highest BCUT2D eigenvalue weighted by molar-refractivity contribution is 5.83. The van der Waals surface area contributed by atoms with E-state index in [9.17, 15) is 5.11 Å². The minimum Gasteiger partial charge on any atom is -0.390 e. The molecule has 0 spiro atoms. The predicted octanol–water partition coefficient (Wildman–Crippen LogP) is 4.46. The average molecular weight is 271 g/mol. The van der Waals surface area contributed by atoms with Crippen LogP contribution in [0.15, 0.2) is 30.5 Å². The highest BCUT2D eigenvalue weighted by Crippen LogP contribution is 2.33. The second kappa shape index (κ2) is 5.25. The van der Waals surface area contributed by atoms with Gasteiger partial charge in [-0.2, -0.15) is 0 Å². The molecule has 0 unspecified atom stereocenters. The Bertz CT molecular complexity index is 585. The molecule has 20 heavy (non-hydrogen) atoms. The maximum absolute atomic E-state index is 10.2. The van der Waals surface area contributed by atoms with Crippen LogP contribution in [0, 0.1) is 0 Å². The third-order valence-corrected chi connectivity index (χ3v) is 4.41. The Balaban J connectivity index is 2.04. The van der Waals surface area contributed by atoms with Crippen LogP contribution in [0.25, 0.3) is 10.9 Å². The van der Waals surface area contributed by atoms with Crippen LogP contribution in [-0.2, 0) is 6.42 Å². The van der Waals surface area contributed by atoms with Crippen LogP contribution in [-0.4, -0.2) is 15.3 Å². The topological polar surface area (TPSA) is 25.2 Å². The fourth-order valence-corrected chi connectivity index (χ4v) is 3.57. The summed E-state index contributed by atoms with van der Waals surface area (Å²) in [6, 6.07) is 9.32. The summed E-state index contributed by atoms with van der Waals surface area (Å²) in [5.74, 6) is 0. The highest BCUT2D eigenvalue weighted by Gasteiger charge is 2.20. The molecule has 1 aliphatic carbocycles. The molecule has 0 bridgehead atoms. The van der Waals surface area contributed by atoms with Gasteiger partial charge in [-0.25, -0.2) is 0 Å². The van der Waals surface area contributed by atoms with Crippen molar-refractivity contribution >= 4 is 10.9 Å². The summed E-state index contributed by atoms with van der Waals surface area (Å²) in [6.45, 7) is 3.78. The van der Waals surface area contributed by atoms with Gasteiger partial charge in [-0.05, 0) is 43.7 Å². The Kier molecular flexibility index (Phi) is 3.59. The number of benzene rings is 1. The number of fused-ring (bicyclic) bond motifs is 1. The molecule has 1 aliphatic rings. The molecule has 0 radical (unpaired) electrons. The van der Waals surface area contributed by atoms with Crippen LogP contribution in [0.5, 0.6) is 0 Å². The van der Waals surface area contributed by atoms with Gasteiger partial charge in [0.05, 0.1) is 11.1 Å². The van der Waals surface area contributed by atoms with E-state index in [0.29, 0.717) is 12.5 Å². The van der Waals surface area contributed by atoms with Crippen molar-refractivity contribution in [2.45, 2.75) is 64.0 Å².